The summed E-state index contributed by atoms with van der Waals surface area (Å²) in [5.74, 6) is -0.107. The number of amides is 2. The van der Waals surface area contributed by atoms with Gasteiger partial charge >= 0.3 is 0 Å². The molecule has 2 rings (SSSR count). The Morgan fingerprint density at radius 3 is 2.09 bits per heavy atom. The van der Waals surface area contributed by atoms with Crippen LogP contribution < -0.4 is 5.32 Å². The fraction of sp³-hybridized carbons (Fsp3) is 0.481. The molecule has 0 fully saturated rings. The van der Waals surface area contributed by atoms with Crippen molar-refractivity contribution in [2.75, 3.05) is 6.54 Å². The fourth-order valence-corrected chi connectivity index (χ4v) is 3.76. The lowest BCUT2D eigenvalue weighted by molar-refractivity contribution is -0.141. The Morgan fingerprint density at radius 2 is 1.56 bits per heavy atom. The van der Waals surface area contributed by atoms with Gasteiger partial charge in [0.15, 0.2) is 0 Å². The van der Waals surface area contributed by atoms with E-state index in [2.05, 4.69) is 50.4 Å². The van der Waals surface area contributed by atoms with Crippen LogP contribution in [0.25, 0.3) is 0 Å². The summed E-state index contributed by atoms with van der Waals surface area (Å²) in [6.07, 6.45) is 2.43. The highest BCUT2D eigenvalue weighted by atomic mass is 35.5. The number of hydrogen-bond acceptors (Lipinski definition) is 2. The molecule has 0 heterocycles. The molecular formula is C27H37ClN2O2. The number of halogens is 1. The number of rotatable bonds is 10. The summed E-state index contributed by atoms with van der Waals surface area (Å²) in [7, 11) is 0. The van der Waals surface area contributed by atoms with Crippen molar-refractivity contribution in [3.05, 3.63) is 70.2 Å². The normalized spacial score (nSPS) is 12.3. The van der Waals surface area contributed by atoms with Crippen molar-refractivity contribution < 1.29 is 9.59 Å². The van der Waals surface area contributed by atoms with Gasteiger partial charge in [0.2, 0.25) is 11.8 Å². The molecule has 0 aliphatic heterocycles. The molecule has 5 heteroatoms. The highest BCUT2D eigenvalue weighted by Crippen LogP contribution is 2.23. The number of carbonyl (C=O) groups is 2. The molecule has 0 bridgehead atoms. The van der Waals surface area contributed by atoms with Crippen molar-refractivity contribution in [3.8, 4) is 0 Å². The highest BCUT2D eigenvalue weighted by Gasteiger charge is 2.28. The molecule has 0 radical (unpaired) electrons. The van der Waals surface area contributed by atoms with Gasteiger partial charge in [-0.2, -0.15) is 0 Å². The quantitative estimate of drug-likeness (QED) is 0.483. The second-order valence-corrected chi connectivity index (χ2v) is 9.75. The van der Waals surface area contributed by atoms with Gasteiger partial charge in [0.1, 0.15) is 6.04 Å². The van der Waals surface area contributed by atoms with Gasteiger partial charge in [-0.3, -0.25) is 9.59 Å². The van der Waals surface area contributed by atoms with E-state index in [0.29, 0.717) is 37.4 Å². The van der Waals surface area contributed by atoms with Crippen molar-refractivity contribution in [1.29, 1.82) is 0 Å². The van der Waals surface area contributed by atoms with Gasteiger partial charge in [-0.05, 0) is 53.5 Å². The first-order valence-corrected chi connectivity index (χ1v) is 11.9. The highest BCUT2D eigenvalue weighted by molar-refractivity contribution is 6.30. The summed E-state index contributed by atoms with van der Waals surface area (Å²) in [5.41, 5.74) is 3.46. The molecule has 2 amide bonds. The fourth-order valence-electron chi connectivity index (χ4n) is 3.64. The average Bonchev–Trinajstić information content (AvgIpc) is 2.76. The molecule has 2 aromatic rings. The zero-order chi connectivity index (χ0) is 23.7. The molecule has 0 saturated heterocycles. The van der Waals surface area contributed by atoms with Crippen LogP contribution in [0.4, 0.5) is 0 Å². The molecule has 0 aliphatic rings. The number of nitrogens with one attached hydrogen (secondary N) is 1. The number of nitrogens with zero attached hydrogens (tertiary/aromatic N) is 1. The van der Waals surface area contributed by atoms with Crippen molar-refractivity contribution in [3.63, 3.8) is 0 Å². The molecule has 4 nitrogen and oxygen atoms in total. The first kappa shape index (κ1) is 25.9. The van der Waals surface area contributed by atoms with E-state index >= 15 is 0 Å². The lowest BCUT2D eigenvalue weighted by atomic mass is 9.86. The first-order chi connectivity index (χ1) is 15.2. The van der Waals surface area contributed by atoms with Crippen LogP contribution >= 0.6 is 11.6 Å². The van der Waals surface area contributed by atoms with Crippen molar-refractivity contribution in [2.24, 2.45) is 0 Å². The van der Waals surface area contributed by atoms with E-state index in [9.17, 15) is 9.59 Å². The topological polar surface area (TPSA) is 49.4 Å². The molecule has 2 aromatic carbocycles. The zero-order valence-corrected chi connectivity index (χ0v) is 20.8. The Bertz CT molecular complexity index is 870. The predicted molar refractivity (Wildman–Crippen MR) is 133 cm³/mol. The molecule has 1 atom stereocenters. The standard InChI is InChI=1S/C27H37ClN2O2/c1-6-18-29-26(32)24(7-2)30(19-21-10-15-23(28)16-11-21)25(31)17-12-20-8-13-22(14-9-20)27(3,4)5/h8-11,13-16,24H,6-7,12,17-19H2,1-5H3,(H,29,32). The number of benzene rings is 2. The Labute approximate surface area is 198 Å². The lowest BCUT2D eigenvalue weighted by Crippen LogP contribution is -2.49. The summed E-state index contributed by atoms with van der Waals surface area (Å²) < 4.78 is 0. The third-order valence-electron chi connectivity index (χ3n) is 5.65. The summed E-state index contributed by atoms with van der Waals surface area (Å²) >= 11 is 6.02. The maximum absolute atomic E-state index is 13.3. The van der Waals surface area contributed by atoms with Gasteiger partial charge in [0.25, 0.3) is 0 Å². The van der Waals surface area contributed by atoms with Crippen LogP contribution in [-0.4, -0.2) is 29.3 Å². The summed E-state index contributed by atoms with van der Waals surface area (Å²) in [6.45, 7) is 11.5. The molecule has 0 spiro atoms. The number of aryl methyl sites for hydroxylation is 1. The van der Waals surface area contributed by atoms with Gasteiger partial charge in [-0.1, -0.05) is 82.6 Å². The Balaban J connectivity index is 2.16. The van der Waals surface area contributed by atoms with Crippen molar-refractivity contribution in [1.82, 2.24) is 10.2 Å². The maximum Gasteiger partial charge on any atom is 0.242 e. The molecule has 0 saturated carbocycles. The van der Waals surface area contributed by atoms with Crippen LogP contribution in [0.5, 0.6) is 0 Å². The third-order valence-corrected chi connectivity index (χ3v) is 5.90. The monoisotopic (exact) mass is 456 g/mol. The van der Waals surface area contributed by atoms with E-state index in [1.807, 2.05) is 38.1 Å². The third kappa shape index (κ3) is 7.67. The average molecular weight is 457 g/mol. The SMILES string of the molecule is CCCNC(=O)C(CC)N(Cc1ccc(Cl)cc1)C(=O)CCc1ccc(C(C)(C)C)cc1. The molecule has 0 aliphatic carbocycles. The van der Waals surface area contributed by atoms with Gasteiger partial charge in [-0.25, -0.2) is 0 Å². The van der Waals surface area contributed by atoms with E-state index in [-0.39, 0.29) is 17.2 Å². The zero-order valence-electron chi connectivity index (χ0n) is 20.1. The molecular weight excluding hydrogens is 420 g/mol. The van der Waals surface area contributed by atoms with E-state index in [1.54, 1.807) is 4.90 Å². The van der Waals surface area contributed by atoms with Crippen LogP contribution in [0.1, 0.15) is 70.6 Å². The first-order valence-electron chi connectivity index (χ1n) is 11.6. The van der Waals surface area contributed by atoms with Crippen LogP contribution in [0.15, 0.2) is 48.5 Å². The second-order valence-electron chi connectivity index (χ2n) is 9.31. The van der Waals surface area contributed by atoms with Crippen LogP contribution in [0.3, 0.4) is 0 Å². The minimum Gasteiger partial charge on any atom is -0.354 e. The van der Waals surface area contributed by atoms with E-state index in [1.165, 1.54) is 5.56 Å². The van der Waals surface area contributed by atoms with Crippen LogP contribution in [0, 0.1) is 0 Å². The smallest absolute Gasteiger partial charge is 0.242 e. The Kier molecular flexibility index (Phi) is 9.77. The van der Waals surface area contributed by atoms with Gasteiger partial charge in [0.05, 0.1) is 0 Å². The van der Waals surface area contributed by atoms with Crippen molar-refractivity contribution >= 4 is 23.4 Å². The van der Waals surface area contributed by atoms with Gasteiger partial charge in [0, 0.05) is 24.5 Å². The van der Waals surface area contributed by atoms with Crippen molar-refractivity contribution in [2.45, 2.75) is 78.3 Å². The minimum atomic E-state index is -0.493. The number of hydrogen-bond donors (Lipinski definition) is 1. The Hall–Kier alpha value is -2.33. The van der Waals surface area contributed by atoms with Crippen LogP contribution in [-0.2, 0) is 28.0 Å². The maximum atomic E-state index is 13.3. The number of carbonyl (C=O) groups excluding carboxylic acids is 2. The van der Waals surface area contributed by atoms with E-state index in [4.69, 9.17) is 11.6 Å². The second kappa shape index (κ2) is 12.1. The summed E-state index contributed by atoms with van der Waals surface area (Å²) in [6, 6.07) is 15.4. The molecule has 1 unspecified atom stereocenters. The molecule has 0 aromatic heterocycles. The van der Waals surface area contributed by atoms with Gasteiger partial charge < -0.3 is 10.2 Å². The molecule has 174 valence electrons. The summed E-state index contributed by atoms with van der Waals surface area (Å²) in [4.78, 5) is 27.8. The summed E-state index contributed by atoms with van der Waals surface area (Å²) in [5, 5.41) is 3.60. The minimum absolute atomic E-state index is 0.0154. The van der Waals surface area contributed by atoms with Gasteiger partial charge in [-0.15, -0.1) is 0 Å². The van der Waals surface area contributed by atoms with E-state index < -0.39 is 6.04 Å². The largest absolute Gasteiger partial charge is 0.354 e. The van der Waals surface area contributed by atoms with E-state index in [0.717, 1.165) is 17.5 Å². The van der Waals surface area contributed by atoms with Crippen LogP contribution in [0.2, 0.25) is 5.02 Å². The Morgan fingerprint density at radius 1 is 0.969 bits per heavy atom. The lowest BCUT2D eigenvalue weighted by Gasteiger charge is -2.31. The predicted octanol–water partition coefficient (Wildman–Crippen LogP) is 5.90. The molecule has 1 N–H and O–H groups in total. The molecule has 32 heavy (non-hydrogen) atoms.